The van der Waals surface area contributed by atoms with Gasteiger partial charge < -0.3 is 15.4 Å². The lowest BCUT2D eigenvalue weighted by atomic mass is 9.87. The van der Waals surface area contributed by atoms with Crippen LogP contribution in [0.25, 0.3) is 0 Å². The van der Waals surface area contributed by atoms with Crippen LogP contribution in [0.3, 0.4) is 0 Å². The zero-order valence-electron chi connectivity index (χ0n) is 14.6. The highest BCUT2D eigenvalue weighted by molar-refractivity contribution is 5.82. The number of hydrogen-bond acceptors (Lipinski definition) is 3. The minimum Gasteiger partial charge on any atom is -0.367 e. The van der Waals surface area contributed by atoms with Crippen molar-refractivity contribution < 1.29 is 13.9 Å². The molecule has 26 heavy (non-hydrogen) atoms. The standard InChI is InChI=1S/C21H23FN2O2/c22-16-7-5-15(6-8-16)20-18-4-2-1-3-14(18)11-12-24(20)21(25)19-10-9-17(23)13-26-19/h1-8,17,19-20H,9-13,23H2/t17?,19-,20-/m0/s1. The molecule has 2 aromatic carbocycles. The van der Waals surface area contributed by atoms with Crippen molar-refractivity contribution in [2.24, 2.45) is 5.73 Å². The molecule has 2 aromatic rings. The first kappa shape index (κ1) is 17.2. The average Bonchev–Trinajstić information content (AvgIpc) is 2.68. The lowest BCUT2D eigenvalue weighted by Gasteiger charge is -2.40. The molecule has 1 fully saturated rings. The number of rotatable bonds is 2. The predicted octanol–water partition coefficient (Wildman–Crippen LogP) is 2.81. The van der Waals surface area contributed by atoms with Crippen LogP contribution >= 0.6 is 0 Å². The van der Waals surface area contributed by atoms with Gasteiger partial charge >= 0.3 is 0 Å². The van der Waals surface area contributed by atoms with E-state index in [1.54, 1.807) is 12.1 Å². The summed E-state index contributed by atoms with van der Waals surface area (Å²) in [5, 5.41) is 0. The summed E-state index contributed by atoms with van der Waals surface area (Å²) in [6.07, 6.45) is 1.81. The molecule has 2 N–H and O–H groups in total. The smallest absolute Gasteiger partial charge is 0.252 e. The van der Waals surface area contributed by atoms with Crippen molar-refractivity contribution in [3.63, 3.8) is 0 Å². The highest BCUT2D eigenvalue weighted by atomic mass is 19.1. The summed E-state index contributed by atoms with van der Waals surface area (Å²) in [5.74, 6) is -0.277. The summed E-state index contributed by atoms with van der Waals surface area (Å²) < 4.78 is 19.1. The average molecular weight is 354 g/mol. The Bertz CT molecular complexity index is 785. The van der Waals surface area contributed by atoms with Gasteiger partial charge in [0.15, 0.2) is 0 Å². The van der Waals surface area contributed by atoms with Gasteiger partial charge in [-0.05, 0) is 48.1 Å². The van der Waals surface area contributed by atoms with Crippen molar-refractivity contribution in [1.29, 1.82) is 0 Å². The lowest BCUT2D eigenvalue weighted by molar-refractivity contribution is -0.149. The van der Waals surface area contributed by atoms with Crippen LogP contribution in [0.1, 0.15) is 35.6 Å². The Labute approximate surface area is 152 Å². The number of nitrogens with zero attached hydrogens (tertiary/aromatic N) is 1. The van der Waals surface area contributed by atoms with Crippen LogP contribution in [0.15, 0.2) is 48.5 Å². The molecular formula is C21H23FN2O2. The molecule has 5 heteroatoms. The summed E-state index contributed by atoms with van der Waals surface area (Å²) in [4.78, 5) is 15.1. The number of amides is 1. The van der Waals surface area contributed by atoms with Crippen LogP contribution in [0.2, 0.25) is 0 Å². The second-order valence-electron chi connectivity index (χ2n) is 7.09. The Hall–Kier alpha value is -2.24. The Morgan fingerprint density at radius 2 is 1.88 bits per heavy atom. The molecule has 0 spiro atoms. The quantitative estimate of drug-likeness (QED) is 0.902. The van der Waals surface area contributed by atoms with E-state index in [9.17, 15) is 9.18 Å². The second-order valence-corrected chi connectivity index (χ2v) is 7.09. The number of ether oxygens (including phenoxy) is 1. The third-order valence-electron chi connectivity index (χ3n) is 5.34. The number of halogens is 1. The van der Waals surface area contributed by atoms with Gasteiger partial charge in [0.25, 0.3) is 5.91 Å². The maximum Gasteiger partial charge on any atom is 0.252 e. The molecule has 1 saturated heterocycles. The molecule has 1 unspecified atom stereocenters. The van der Waals surface area contributed by atoms with Crippen molar-refractivity contribution in [2.45, 2.75) is 37.5 Å². The number of carbonyl (C=O) groups is 1. The maximum atomic E-state index is 13.4. The van der Waals surface area contributed by atoms with Crippen LogP contribution in [0.4, 0.5) is 4.39 Å². The fraction of sp³-hybridized carbons (Fsp3) is 0.381. The van der Waals surface area contributed by atoms with Gasteiger partial charge in [-0.3, -0.25) is 4.79 Å². The molecule has 0 aromatic heterocycles. The monoisotopic (exact) mass is 354 g/mol. The third kappa shape index (κ3) is 3.24. The molecule has 4 nitrogen and oxygen atoms in total. The second kappa shape index (κ2) is 7.17. The molecule has 1 amide bonds. The van der Waals surface area contributed by atoms with E-state index in [0.717, 1.165) is 24.0 Å². The first-order valence-electron chi connectivity index (χ1n) is 9.14. The van der Waals surface area contributed by atoms with Crippen molar-refractivity contribution in [2.75, 3.05) is 13.2 Å². The first-order chi connectivity index (χ1) is 12.6. The van der Waals surface area contributed by atoms with E-state index in [0.29, 0.717) is 19.6 Å². The fourth-order valence-electron chi connectivity index (χ4n) is 3.96. The zero-order chi connectivity index (χ0) is 18.1. The van der Waals surface area contributed by atoms with E-state index in [4.69, 9.17) is 10.5 Å². The Balaban J connectivity index is 1.68. The molecule has 0 radical (unpaired) electrons. The summed E-state index contributed by atoms with van der Waals surface area (Å²) in [6.45, 7) is 1.05. The zero-order valence-corrected chi connectivity index (χ0v) is 14.6. The molecule has 0 bridgehead atoms. The van der Waals surface area contributed by atoms with E-state index in [2.05, 4.69) is 12.1 Å². The van der Waals surface area contributed by atoms with Gasteiger partial charge in [0.1, 0.15) is 11.9 Å². The minimum atomic E-state index is -0.442. The van der Waals surface area contributed by atoms with Crippen molar-refractivity contribution in [3.8, 4) is 0 Å². The number of fused-ring (bicyclic) bond motifs is 1. The topological polar surface area (TPSA) is 55.6 Å². The molecular weight excluding hydrogens is 331 g/mol. The Morgan fingerprint density at radius 1 is 1.12 bits per heavy atom. The molecule has 2 aliphatic rings. The Morgan fingerprint density at radius 3 is 2.62 bits per heavy atom. The fourth-order valence-corrected chi connectivity index (χ4v) is 3.96. The van der Waals surface area contributed by atoms with Crippen molar-refractivity contribution >= 4 is 5.91 Å². The summed E-state index contributed by atoms with van der Waals surface area (Å²) in [6, 6.07) is 14.4. The molecule has 2 heterocycles. The van der Waals surface area contributed by atoms with Gasteiger partial charge in [-0.25, -0.2) is 4.39 Å². The van der Waals surface area contributed by atoms with Crippen molar-refractivity contribution in [1.82, 2.24) is 4.90 Å². The summed E-state index contributed by atoms with van der Waals surface area (Å²) >= 11 is 0. The van der Waals surface area contributed by atoms with Crippen LogP contribution in [0.5, 0.6) is 0 Å². The predicted molar refractivity (Wildman–Crippen MR) is 97.1 cm³/mol. The molecule has 3 atom stereocenters. The van der Waals surface area contributed by atoms with Crippen LogP contribution in [-0.2, 0) is 16.0 Å². The summed E-state index contributed by atoms with van der Waals surface area (Å²) in [7, 11) is 0. The minimum absolute atomic E-state index is 0.000674. The maximum absolute atomic E-state index is 13.4. The van der Waals surface area contributed by atoms with Gasteiger partial charge in [0.05, 0.1) is 12.6 Å². The van der Waals surface area contributed by atoms with E-state index < -0.39 is 6.10 Å². The third-order valence-corrected chi connectivity index (χ3v) is 5.34. The van der Waals surface area contributed by atoms with Gasteiger partial charge in [0, 0.05) is 12.6 Å². The molecule has 2 aliphatic heterocycles. The number of nitrogens with two attached hydrogens (primary N) is 1. The summed E-state index contributed by atoms with van der Waals surface area (Å²) in [5.41, 5.74) is 9.14. The van der Waals surface area contributed by atoms with Gasteiger partial charge in [-0.1, -0.05) is 36.4 Å². The van der Waals surface area contributed by atoms with Crippen LogP contribution in [0, 0.1) is 5.82 Å². The normalized spacial score (nSPS) is 25.6. The van der Waals surface area contributed by atoms with Crippen molar-refractivity contribution in [3.05, 3.63) is 71.0 Å². The first-order valence-corrected chi connectivity index (χ1v) is 9.14. The molecule has 0 saturated carbocycles. The number of hydrogen-bond donors (Lipinski definition) is 1. The molecule has 136 valence electrons. The SMILES string of the molecule is NC1CC[C@@H](C(=O)N2CCc3ccccc3[C@@H]2c2ccc(F)cc2)OC1. The molecule has 4 rings (SSSR count). The van der Waals surface area contributed by atoms with Gasteiger partial charge in [0.2, 0.25) is 0 Å². The van der Waals surface area contributed by atoms with E-state index in [1.807, 2.05) is 17.0 Å². The van der Waals surface area contributed by atoms with Crippen LogP contribution < -0.4 is 5.73 Å². The number of carbonyl (C=O) groups excluding carboxylic acids is 1. The van der Waals surface area contributed by atoms with Crippen LogP contribution in [-0.4, -0.2) is 36.1 Å². The Kier molecular flexibility index (Phi) is 4.74. The number of benzene rings is 2. The van der Waals surface area contributed by atoms with E-state index in [1.165, 1.54) is 17.7 Å². The highest BCUT2D eigenvalue weighted by Crippen LogP contribution is 2.36. The van der Waals surface area contributed by atoms with E-state index >= 15 is 0 Å². The lowest BCUT2D eigenvalue weighted by Crippen LogP contribution is -2.49. The van der Waals surface area contributed by atoms with Gasteiger partial charge in [-0.15, -0.1) is 0 Å². The molecule has 0 aliphatic carbocycles. The highest BCUT2D eigenvalue weighted by Gasteiger charge is 2.36. The largest absolute Gasteiger partial charge is 0.367 e. The van der Waals surface area contributed by atoms with Gasteiger partial charge in [-0.2, -0.15) is 0 Å². The van der Waals surface area contributed by atoms with E-state index in [-0.39, 0.29) is 23.8 Å².